The Labute approximate surface area is 146 Å². The van der Waals surface area contributed by atoms with Gasteiger partial charge in [0, 0.05) is 32.1 Å². The molecule has 2 fully saturated rings. The SMILES string of the molecule is O=C(COc1ccc(F)cc1)N1CCN(C(=O)C2CCNCC2)CC1. The Morgan fingerprint density at radius 3 is 2.28 bits per heavy atom. The standard InChI is InChI=1S/C18H24FN3O3/c19-15-1-3-16(4-2-15)25-13-17(23)21-9-11-22(12-10-21)18(24)14-5-7-20-8-6-14/h1-4,14,20H,5-13H2. The van der Waals surface area contributed by atoms with Crippen LogP contribution in [-0.4, -0.2) is 67.5 Å². The molecule has 2 amide bonds. The Morgan fingerprint density at radius 2 is 1.64 bits per heavy atom. The highest BCUT2D eigenvalue weighted by molar-refractivity contribution is 5.80. The number of amides is 2. The summed E-state index contributed by atoms with van der Waals surface area (Å²) in [5.74, 6) is 0.349. The second-order valence-electron chi connectivity index (χ2n) is 6.47. The smallest absolute Gasteiger partial charge is 0.260 e. The minimum Gasteiger partial charge on any atom is -0.484 e. The number of nitrogens with zero attached hydrogens (tertiary/aromatic N) is 2. The van der Waals surface area contributed by atoms with Crippen LogP contribution in [0.1, 0.15) is 12.8 Å². The van der Waals surface area contributed by atoms with Gasteiger partial charge in [-0.15, -0.1) is 0 Å². The Kier molecular flexibility index (Phi) is 5.86. The lowest BCUT2D eigenvalue weighted by Gasteiger charge is -2.37. The van der Waals surface area contributed by atoms with Gasteiger partial charge in [0.25, 0.3) is 5.91 Å². The minimum atomic E-state index is -0.340. The summed E-state index contributed by atoms with van der Waals surface area (Å²) in [5.41, 5.74) is 0. The van der Waals surface area contributed by atoms with Crippen molar-refractivity contribution in [3.8, 4) is 5.75 Å². The molecule has 0 radical (unpaired) electrons. The molecule has 25 heavy (non-hydrogen) atoms. The van der Waals surface area contributed by atoms with E-state index in [1.807, 2.05) is 4.90 Å². The van der Waals surface area contributed by atoms with Crippen molar-refractivity contribution < 1.29 is 18.7 Å². The van der Waals surface area contributed by atoms with Crippen LogP contribution >= 0.6 is 0 Å². The van der Waals surface area contributed by atoms with Crippen molar-refractivity contribution in [3.05, 3.63) is 30.1 Å². The molecule has 0 saturated carbocycles. The van der Waals surface area contributed by atoms with E-state index in [-0.39, 0.29) is 30.2 Å². The van der Waals surface area contributed by atoms with Crippen molar-refractivity contribution in [3.63, 3.8) is 0 Å². The Morgan fingerprint density at radius 1 is 1.04 bits per heavy atom. The number of ether oxygens (including phenoxy) is 1. The number of halogens is 1. The predicted molar refractivity (Wildman–Crippen MR) is 90.6 cm³/mol. The molecule has 1 aromatic carbocycles. The van der Waals surface area contributed by atoms with Crippen molar-refractivity contribution in [1.29, 1.82) is 0 Å². The van der Waals surface area contributed by atoms with Crippen LogP contribution < -0.4 is 10.1 Å². The summed E-state index contributed by atoms with van der Waals surface area (Å²) in [6.07, 6.45) is 1.78. The number of piperidine rings is 1. The summed E-state index contributed by atoms with van der Waals surface area (Å²) in [7, 11) is 0. The Balaban J connectivity index is 1.42. The van der Waals surface area contributed by atoms with Gasteiger partial charge >= 0.3 is 0 Å². The highest BCUT2D eigenvalue weighted by Crippen LogP contribution is 2.17. The van der Waals surface area contributed by atoms with E-state index >= 15 is 0 Å². The summed E-state index contributed by atoms with van der Waals surface area (Å²) in [5, 5.41) is 3.27. The van der Waals surface area contributed by atoms with E-state index in [1.54, 1.807) is 4.90 Å². The number of nitrogens with one attached hydrogen (secondary N) is 1. The van der Waals surface area contributed by atoms with E-state index in [1.165, 1.54) is 24.3 Å². The molecule has 2 saturated heterocycles. The first-order valence-corrected chi connectivity index (χ1v) is 8.79. The highest BCUT2D eigenvalue weighted by Gasteiger charge is 2.29. The molecule has 2 aliphatic heterocycles. The van der Waals surface area contributed by atoms with Gasteiger partial charge in [0.05, 0.1) is 0 Å². The van der Waals surface area contributed by atoms with E-state index in [0.29, 0.717) is 31.9 Å². The largest absolute Gasteiger partial charge is 0.484 e. The first-order chi connectivity index (χ1) is 12.1. The van der Waals surface area contributed by atoms with Gasteiger partial charge in [-0.3, -0.25) is 9.59 Å². The van der Waals surface area contributed by atoms with Crippen LogP contribution in [-0.2, 0) is 9.59 Å². The zero-order valence-corrected chi connectivity index (χ0v) is 14.2. The van der Waals surface area contributed by atoms with Crippen LogP contribution in [0.3, 0.4) is 0 Å². The fourth-order valence-electron chi connectivity index (χ4n) is 3.27. The van der Waals surface area contributed by atoms with Crippen LogP contribution in [0.15, 0.2) is 24.3 Å². The number of rotatable bonds is 4. The van der Waals surface area contributed by atoms with Crippen molar-refractivity contribution in [2.24, 2.45) is 5.92 Å². The van der Waals surface area contributed by atoms with E-state index in [9.17, 15) is 14.0 Å². The molecule has 136 valence electrons. The number of hydrogen-bond donors (Lipinski definition) is 1. The van der Waals surface area contributed by atoms with Crippen molar-refractivity contribution >= 4 is 11.8 Å². The van der Waals surface area contributed by atoms with E-state index in [4.69, 9.17) is 4.74 Å². The molecule has 1 N–H and O–H groups in total. The fraction of sp³-hybridized carbons (Fsp3) is 0.556. The van der Waals surface area contributed by atoms with Crippen LogP contribution in [0.2, 0.25) is 0 Å². The first kappa shape index (κ1) is 17.7. The third kappa shape index (κ3) is 4.69. The monoisotopic (exact) mass is 349 g/mol. The average molecular weight is 349 g/mol. The number of carbonyl (C=O) groups is 2. The van der Waals surface area contributed by atoms with Crippen molar-refractivity contribution in [2.75, 3.05) is 45.9 Å². The number of carbonyl (C=O) groups excluding carboxylic acids is 2. The number of piperazine rings is 1. The molecule has 0 aromatic heterocycles. The maximum Gasteiger partial charge on any atom is 0.260 e. The van der Waals surface area contributed by atoms with Crippen LogP contribution in [0, 0.1) is 11.7 Å². The fourth-order valence-corrected chi connectivity index (χ4v) is 3.27. The minimum absolute atomic E-state index is 0.0755. The average Bonchev–Trinajstić information content (AvgIpc) is 2.67. The molecule has 0 bridgehead atoms. The molecule has 0 spiro atoms. The van der Waals surface area contributed by atoms with Gasteiger partial charge in [-0.05, 0) is 50.2 Å². The van der Waals surface area contributed by atoms with Gasteiger partial charge in [-0.2, -0.15) is 0 Å². The lowest BCUT2D eigenvalue weighted by Crippen LogP contribution is -2.53. The molecule has 3 rings (SSSR count). The molecular weight excluding hydrogens is 325 g/mol. The molecule has 6 nitrogen and oxygen atoms in total. The quantitative estimate of drug-likeness (QED) is 0.876. The summed E-state index contributed by atoms with van der Waals surface area (Å²) in [4.78, 5) is 28.3. The zero-order chi connectivity index (χ0) is 17.6. The summed E-state index contributed by atoms with van der Waals surface area (Å²) >= 11 is 0. The molecule has 0 atom stereocenters. The highest BCUT2D eigenvalue weighted by atomic mass is 19.1. The van der Waals surface area contributed by atoms with Crippen LogP contribution in [0.4, 0.5) is 4.39 Å². The van der Waals surface area contributed by atoms with Crippen LogP contribution in [0.5, 0.6) is 5.75 Å². The maximum absolute atomic E-state index is 12.8. The topological polar surface area (TPSA) is 61.9 Å². The molecule has 0 unspecified atom stereocenters. The third-order valence-electron chi connectivity index (χ3n) is 4.81. The summed E-state index contributed by atoms with van der Waals surface area (Å²) < 4.78 is 18.2. The van der Waals surface area contributed by atoms with Gasteiger partial charge in [0.2, 0.25) is 5.91 Å². The second-order valence-corrected chi connectivity index (χ2v) is 6.47. The Hall–Kier alpha value is -2.15. The van der Waals surface area contributed by atoms with Crippen molar-refractivity contribution in [1.82, 2.24) is 15.1 Å². The Bertz CT molecular complexity index is 594. The van der Waals surface area contributed by atoms with Crippen LogP contribution in [0.25, 0.3) is 0 Å². The molecule has 2 heterocycles. The van der Waals surface area contributed by atoms with Gasteiger partial charge in [-0.25, -0.2) is 4.39 Å². The maximum atomic E-state index is 12.8. The van der Waals surface area contributed by atoms with Crippen molar-refractivity contribution in [2.45, 2.75) is 12.8 Å². The van der Waals surface area contributed by atoms with Gasteiger partial charge in [-0.1, -0.05) is 0 Å². The molecule has 7 heteroatoms. The lowest BCUT2D eigenvalue weighted by atomic mass is 9.96. The number of hydrogen-bond acceptors (Lipinski definition) is 4. The van der Waals surface area contributed by atoms with E-state index < -0.39 is 0 Å². The number of benzene rings is 1. The zero-order valence-electron chi connectivity index (χ0n) is 14.2. The third-order valence-corrected chi connectivity index (χ3v) is 4.81. The summed E-state index contributed by atoms with van der Waals surface area (Å²) in [6, 6.07) is 5.59. The summed E-state index contributed by atoms with van der Waals surface area (Å²) in [6.45, 7) is 3.93. The van der Waals surface area contributed by atoms with Gasteiger partial charge in [0.15, 0.2) is 6.61 Å². The molecule has 1 aromatic rings. The molecule has 2 aliphatic rings. The van der Waals surface area contributed by atoms with E-state index in [2.05, 4.69) is 5.32 Å². The van der Waals surface area contributed by atoms with E-state index in [0.717, 1.165) is 25.9 Å². The molecule has 0 aliphatic carbocycles. The van der Waals surface area contributed by atoms with Gasteiger partial charge < -0.3 is 19.9 Å². The van der Waals surface area contributed by atoms with Gasteiger partial charge in [0.1, 0.15) is 11.6 Å². The second kappa shape index (κ2) is 8.29. The predicted octanol–water partition coefficient (Wildman–Crippen LogP) is 0.875. The normalized spacial score (nSPS) is 18.9. The first-order valence-electron chi connectivity index (χ1n) is 8.79. The molecular formula is C18H24FN3O3. The lowest BCUT2D eigenvalue weighted by molar-refractivity contribution is -0.143.